The molecule has 0 aliphatic rings. The Morgan fingerprint density at radius 1 is 0.792 bits per heavy atom. The largest absolute Gasteiger partial charge is 0.396 e. The molecule has 0 saturated heterocycles. The Bertz CT molecular complexity index is 276. The van der Waals surface area contributed by atoms with Gasteiger partial charge in [-0.3, -0.25) is 0 Å². The van der Waals surface area contributed by atoms with Crippen LogP contribution in [0.25, 0.3) is 0 Å². The Morgan fingerprint density at radius 3 is 2.00 bits per heavy atom. The molecule has 1 atom stereocenters. The molecule has 0 amide bonds. The minimum absolute atomic E-state index is 0.143. The molecular formula is C21H42O3. The van der Waals surface area contributed by atoms with E-state index >= 15 is 0 Å². The average Bonchev–Trinajstić information content (AvgIpc) is 2.59. The third kappa shape index (κ3) is 16.5. The van der Waals surface area contributed by atoms with E-state index in [1.54, 1.807) is 0 Å². The summed E-state index contributed by atoms with van der Waals surface area (Å²) < 4.78 is 0. The van der Waals surface area contributed by atoms with Gasteiger partial charge in [-0.25, -0.2) is 0 Å². The maximum Gasteiger partial charge on any atom is 0.0807 e. The van der Waals surface area contributed by atoms with Crippen molar-refractivity contribution in [2.24, 2.45) is 0 Å². The van der Waals surface area contributed by atoms with Crippen LogP contribution in [0.5, 0.6) is 0 Å². The van der Waals surface area contributed by atoms with Crippen molar-refractivity contribution in [3.63, 3.8) is 0 Å². The number of rotatable bonds is 18. The van der Waals surface area contributed by atoms with Crippen LogP contribution in [-0.4, -0.2) is 34.6 Å². The lowest BCUT2D eigenvalue weighted by atomic mass is 9.98. The zero-order valence-corrected chi connectivity index (χ0v) is 16.0. The topological polar surface area (TPSA) is 60.7 Å². The normalized spacial score (nSPS) is 13.4. The number of allylic oxidation sites excluding steroid dienone is 1. The predicted molar refractivity (Wildman–Crippen MR) is 103 cm³/mol. The summed E-state index contributed by atoms with van der Waals surface area (Å²) in [7, 11) is 0. The van der Waals surface area contributed by atoms with Gasteiger partial charge in [0.05, 0.1) is 12.7 Å². The fourth-order valence-electron chi connectivity index (χ4n) is 3.06. The van der Waals surface area contributed by atoms with Crippen molar-refractivity contribution in [3.05, 3.63) is 11.6 Å². The summed E-state index contributed by atoms with van der Waals surface area (Å²) in [6.45, 7) is 2.41. The molecule has 144 valence electrons. The first-order valence-corrected chi connectivity index (χ1v) is 10.3. The monoisotopic (exact) mass is 342 g/mol. The number of aliphatic hydroxyl groups is 3. The summed E-state index contributed by atoms with van der Waals surface area (Å²) in [4.78, 5) is 0. The van der Waals surface area contributed by atoms with Crippen molar-refractivity contribution in [2.75, 3.05) is 13.2 Å². The van der Waals surface area contributed by atoms with E-state index in [0.29, 0.717) is 13.0 Å². The van der Waals surface area contributed by atoms with Crippen LogP contribution < -0.4 is 0 Å². The second-order valence-electron chi connectivity index (χ2n) is 7.05. The molecule has 0 aromatic heterocycles. The van der Waals surface area contributed by atoms with Crippen LogP contribution in [0.1, 0.15) is 103 Å². The maximum absolute atomic E-state index is 9.71. The van der Waals surface area contributed by atoms with Crippen molar-refractivity contribution in [1.82, 2.24) is 0 Å². The predicted octanol–water partition coefficient (Wildman–Crippen LogP) is 5.13. The van der Waals surface area contributed by atoms with Gasteiger partial charge in [0, 0.05) is 6.61 Å². The smallest absolute Gasteiger partial charge is 0.0807 e. The Morgan fingerprint density at radius 2 is 1.38 bits per heavy atom. The number of hydrogen-bond donors (Lipinski definition) is 3. The molecule has 3 nitrogen and oxygen atoms in total. The molecule has 24 heavy (non-hydrogen) atoms. The van der Waals surface area contributed by atoms with E-state index in [0.717, 1.165) is 25.7 Å². The summed E-state index contributed by atoms with van der Waals surface area (Å²) in [5.74, 6) is 0. The highest BCUT2D eigenvalue weighted by Gasteiger charge is 2.06. The summed E-state index contributed by atoms with van der Waals surface area (Å²) >= 11 is 0. The Hall–Kier alpha value is -0.380. The summed E-state index contributed by atoms with van der Waals surface area (Å²) in [5, 5.41) is 27.5. The standard InChI is InChI=1S/C21H42O3/c1-2-3-4-5-6-9-12-15-20(18-21(24)19-23)16-13-10-7-8-11-14-17-22/h15,21-24H,2-14,16-19H2,1H3. The Balaban J connectivity index is 3.89. The molecular weight excluding hydrogens is 300 g/mol. The first-order valence-electron chi connectivity index (χ1n) is 10.3. The molecule has 1 unspecified atom stereocenters. The fourth-order valence-corrected chi connectivity index (χ4v) is 3.06. The summed E-state index contributed by atoms with van der Waals surface area (Å²) in [5.41, 5.74) is 1.32. The van der Waals surface area contributed by atoms with Crippen LogP contribution in [0.15, 0.2) is 11.6 Å². The molecule has 0 aromatic carbocycles. The van der Waals surface area contributed by atoms with Crippen molar-refractivity contribution < 1.29 is 15.3 Å². The zero-order chi connectivity index (χ0) is 17.9. The van der Waals surface area contributed by atoms with Gasteiger partial charge in [-0.1, -0.05) is 76.4 Å². The third-order valence-electron chi connectivity index (χ3n) is 4.61. The van der Waals surface area contributed by atoms with Crippen LogP contribution in [0.2, 0.25) is 0 Å². The number of hydrogen-bond acceptors (Lipinski definition) is 3. The molecule has 0 radical (unpaired) electrons. The van der Waals surface area contributed by atoms with E-state index < -0.39 is 6.10 Å². The van der Waals surface area contributed by atoms with Crippen molar-refractivity contribution in [1.29, 1.82) is 0 Å². The lowest BCUT2D eigenvalue weighted by molar-refractivity contribution is 0.0947. The summed E-state index contributed by atoms with van der Waals surface area (Å²) in [6, 6.07) is 0. The van der Waals surface area contributed by atoms with E-state index in [1.165, 1.54) is 69.8 Å². The van der Waals surface area contributed by atoms with Crippen molar-refractivity contribution >= 4 is 0 Å². The van der Waals surface area contributed by atoms with Gasteiger partial charge < -0.3 is 15.3 Å². The fraction of sp³-hybridized carbons (Fsp3) is 0.905. The summed E-state index contributed by atoms with van der Waals surface area (Å²) in [6.07, 6.45) is 19.2. The molecule has 0 saturated carbocycles. The second kappa shape index (κ2) is 19.0. The average molecular weight is 343 g/mol. The van der Waals surface area contributed by atoms with E-state index in [4.69, 9.17) is 10.2 Å². The Kier molecular flexibility index (Phi) is 18.7. The Labute approximate surface area is 150 Å². The van der Waals surface area contributed by atoms with Gasteiger partial charge in [0.1, 0.15) is 0 Å². The maximum atomic E-state index is 9.71. The van der Waals surface area contributed by atoms with Gasteiger partial charge in [0.15, 0.2) is 0 Å². The molecule has 3 heteroatoms. The lowest BCUT2D eigenvalue weighted by Gasteiger charge is -2.12. The highest BCUT2D eigenvalue weighted by molar-refractivity contribution is 5.03. The molecule has 0 aromatic rings. The van der Waals surface area contributed by atoms with Crippen LogP contribution in [0, 0.1) is 0 Å². The molecule has 0 aliphatic heterocycles. The number of unbranched alkanes of at least 4 members (excludes halogenated alkanes) is 11. The van der Waals surface area contributed by atoms with Crippen LogP contribution in [0.3, 0.4) is 0 Å². The first kappa shape index (κ1) is 23.6. The van der Waals surface area contributed by atoms with Crippen LogP contribution in [0.4, 0.5) is 0 Å². The quantitative estimate of drug-likeness (QED) is 0.239. The van der Waals surface area contributed by atoms with E-state index in [-0.39, 0.29) is 6.61 Å². The molecule has 0 bridgehead atoms. The zero-order valence-electron chi connectivity index (χ0n) is 16.0. The molecule has 0 rings (SSSR count). The molecule has 0 aliphatic carbocycles. The van der Waals surface area contributed by atoms with E-state index in [9.17, 15) is 5.11 Å². The molecule has 3 N–H and O–H groups in total. The SMILES string of the molecule is CCCCCCCCC=C(CCCCCCCCO)CC(O)CO. The lowest BCUT2D eigenvalue weighted by Crippen LogP contribution is -2.12. The van der Waals surface area contributed by atoms with Crippen LogP contribution >= 0.6 is 0 Å². The van der Waals surface area contributed by atoms with Crippen molar-refractivity contribution in [2.45, 2.75) is 109 Å². The van der Waals surface area contributed by atoms with Gasteiger partial charge in [0.25, 0.3) is 0 Å². The van der Waals surface area contributed by atoms with Gasteiger partial charge in [0.2, 0.25) is 0 Å². The van der Waals surface area contributed by atoms with E-state index in [1.807, 2.05) is 0 Å². The van der Waals surface area contributed by atoms with Gasteiger partial charge >= 0.3 is 0 Å². The van der Waals surface area contributed by atoms with Crippen LogP contribution in [-0.2, 0) is 0 Å². The van der Waals surface area contributed by atoms with Gasteiger partial charge in [-0.05, 0) is 38.5 Å². The van der Waals surface area contributed by atoms with Gasteiger partial charge in [-0.2, -0.15) is 0 Å². The minimum atomic E-state index is -0.606. The molecule has 0 fully saturated rings. The third-order valence-corrected chi connectivity index (χ3v) is 4.61. The second-order valence-corrected chi connectivity index (χ2v) is 7.05. The minimum Gasteiger partial charge on any atom is -0.396 e. The first-order chi connectivity index (χ1) is 11.7. The molecule has 0 heterocycles. The highest BCUT2D eigenvalue weighted by Crippen LogP contribution is 2.18. The van der Waals surface area contributed by atoms with Gasteiger partial charge in [-0.15, -0.1) is 0 Å². The van der Waals surface area contributed by atoms with E-state index in [2.05, 4.69) is 13.0 Å². The van der Waals surface area contributed by atoms with Crippen molar-refractivity contribution in [3.8, 4) is 0 Å². The molecule has 0 spiro atoms. The highest BCUT2D eigenvalue weighted by atomic mass is 16.3. The number of aliphatic hydroxyl groups excluding tert-OH is 3.